The fourth-order valence-electron chi connectivity index (χ4n) is 1.59. The van der Waals surface area contributed by atoms with Gasteiger partial charge in [0.2, 0.25) is 0 Å². The number of rotatable bonds is 4. The third-order valence-electron chi connectivity index (χ3n) is 2.88. The molecule has 96 valence electrons. The minimum atomic E-state index is -0.618. The molecule has 0 saturated heterocycles. The molecule has 0 N–H and O–H groups in total. The highest BCUT2D eigenvalue weighted by Gasteiger charge is 2.22. The second kappa shape index (κ2) is 5.45. The highest BCUT2D eigenvalue weighted by atomic mass is 19.1. The maximum atomic E-state index is 13.4. The van der Waals surface area contributed by atoms with Gasteiger partial charge in [0.25, 0.3) is 5.69 Å². The smallest absolute Gasteiger partial charge is 0.295 e. The quantitative estimate of drug-likeness (QED) is 0.609. The van der Waals surface area contributed by atoms with E-state index in [-0.39, 0.29) is 18.2 Å². The molecular weight excluding hydrogens is 237 g/mol. The highest BCUT2D eigenvalue weighted by Crippen LogP contribution is 2.31. The summed E-state index contributed by atoms with van der Waals surface area (Å²) in [5.74, 6) is -0.605. The second-order valence-corrected chi connectivity index (χ2v) is 4.17. The van der Waals surface area contributed by atoms with E-state index >= 15 is 0 Å². The molecule has 1 aromatic rings. The first kappa shape index (κ1) is 13.9. The van der Waals surface area contributed by atoms with E-state index in [0.717, 1.165) is 6.07 Å². The average molecular weight is 251 g/mol. The summed E-state index contributed by atoms with van der Waals surface area (Å²) in [7, 11) is 1.65. The number of halogens is 1. The minimum absolute atomic E-state index is 0.182. The average Bonchev–Trinajstić information content (AvgIpc) is 2.31. The zero-order chi connectivity index (χ0) is 13.9. The second-order valence-electron chi connectivity index (χ2n) is 4.17. The summed E-state index contributed by atoms with van der Waals surface area (Å²) in [6.07, 6.45) is 0.240. The number of nitro groups is 1. The molecule has 0 spiro atoms. The van der Waals surface area contributed by atoms with Crippen molar-refractivity contribution in [3.8, 4) is 6.07 Å². The predicted octanol–water partition coefficient (Wildman–Crippen LogP) is 2.78. The van der Waals surface area contributed by atoms with Crippen LogP contribution in [0.15, 0.2) is 12.1 Å². The molecule has 0 radical (unpaired) electrons. The van der Waals surface area contributed by atoms with Crippen LogP contribution in [-0.4, -0.2) is 18.0 Å². The Hall–Kier alpha value is -2.16. The summed E-state index contributed by atoms with van der Waals surface area (Å²) in [5, 5.41) is 19.6. The van der Waals surface area contributed by atoms with Gasteiger partial charge in [-0.2, -0.15) is 5.26 Å². The molecule has 0 fully saturated rings. The lowest BCUT2D eigenvalue weighted by Gasteiger charge is -2.25. The van der Waals surface area contributed by atoms with E-state index in [9.17, 15) is 14.5 Å². The number of aryl methyl sites for hydroxylation is 1. The summed E-state index contributed by atoms with van der Waals surface area (Å²) >= 11 is 0. The first-order chi connectivity index (χ1) is 8.38. The number of nitrogens with zero attached hydrogens (tertiary/aromatic N) is 3. The van der Waals surface area contributed by atoms with E-state index in [4.69, 9.17) is 5.26 Å². The third kappa shape index (κ3) is 2.74. The van der Waals surface area contributed by atoms with Crippen molar-refractivity contribution < 1.29 is 9.31 Å². The Labute approximate surface area is 105 Å². The van der Waals surface area contributed by atoms with Gasteiger partial charge in [-0.1, -0.05) is 0 Å². The van der Waals surface area contributed by atoms with E-state index < -0.39 is 10.7 Å². The molecule has 1 rings (SSSR count). The van der Waals surface area contributed by atoms with Crippen LogP contribution in [0.1, 0.15) is 18.9 Å². The molecule has 0 heterocycles. The Balaban J connectivity index is 3.26. The summed E-state index contributed by atoms with van der Waals surface area (Å²) in [5.41, 5.74) is 0.374. The largest absolute Gasteiger partial charge is 0.365 e. The van der Waals surface area contributed by atoms with Gasteiger partial charge >= 0.3 is 0 Å². The maximum absolute atomic E-state index is 13.4. The van der Waals surface area contributed by atoms with Crippen molar-refractivity contribution in [2.45, 2.75) is 26.3 Å². The minimum Gasteiger partial charge on any atom is -0.365 e. The molecule has 1 unspecified atom stereocenters. The van der Waals surface area contributed by atoms with Gasteiger partial charge in [0.1, 0.15) is 11.5 Å². The molecule has 0 aromatic heterocycles. The fraction of sp³-hybridized carbons (Fsp3) is 0.417. The Kier molecular flexibility index (Phi) is 4.21. The fourth-order valence-corrected chi connectivity index (χ4v) is 1.59. The zero-order valence-electron chi connectivity index (χ0n) is 10.5. The maximum Gasteiger partial charge on any atom is 0.295 e. The van der Waals surface area contributed by atoms with Crippen LogP contribution in [0.4, 0.5) is 15.8 Å². The summed E-state index contributed by atoms with van der Waals surface area (Å²) < 4.78 is 13.4. The van der Waals surface area contributed by atoms with Crippen molar-refractivity contribution >= 4 is 11.4 Å². The van der Waals surface area contributed by atoms with Crippen LogP contribution in [0, 0.1) is 34.2 Å². The summed E-state index contributed by atoms with van der Waals surface area (Å²) in [6, 6.07) is 4.17. The van der Waals surface area contributed by atoms with Crippen LogP contribution >= 0.6 is 0 Å². The zero-order valence-corrected chi connectivity index (χ0v) is 10.5. The van der Waals surface area contributed by atoms with Crippen molar-refractivity contribution in [3.05, 3.63) is 33.6 Å². The van der Waals surface area contributed by atoms with Crippen molar-refractivity contribution in [2.24, 2.45) is 0 Å². The Morgan fingerprint density at radius 2 is 2.22 bits per heavy atom. The number of nitro benzene ring substituents is 1. The highest BCUT2D eigenvalue weighted by molar-refractivity contribution is 5.64. The molecule has 0 aliphatic rings. The SMILES string of the molecule is Cc1cc(N(C)C(C)CC#N)c([N+](=O)[O-])cc1F. The first-order valence-corrected chi connectivity index (χ1v) is 5.42. The monoisotopic (exact) mass is 251 g/mol. The van der Waals surface area contributed by atoms with Crippen LogP contribution in [0.5, 0.6) is 0 Å². The van der Waals surface area contributed by atoms with Gasteiger partial charge in [0.15, 0.2) is 0 Å². The lowest BCUT2D eigenvalue weighted by atomic mass is 10.1. The molecule has 1 atom stereocenters. The van der Waals surface area contributed by atoms with Gasteiger partial charge in [-0.25, -0.2) is 4.39 Å². The molecule has 0 bridgehead atoms. The van der Waals surface area contributed by atoms with Gasteiger partial charge in [0.05, 0.1) is 23.5 Å². The molecule has 0 aliphatic carbocycles. The van der Waals surface area contributed by atoms with E-state index in [0.29, 0.717) is 11.3 Å². The number of hydrogen-bond acceptors (Lipinski definition) is 4. The van der Waals surface area contributed by atoms with Crippen molar-refractivity contribution in [2.75, 3.05) is 11.9 Å². The standard InChI is InChI=1S/C12H14FN3O2/c1-8-6-11(15(3)9(2)4-5-14)12(16(17)18)7-10(8)13/h6-7,9H,4H2,1-3H3. The molecule has 5 nitrogen and oxygen atoms in total. The van der Waals surface area contributed by atoms with Crippen LogP contribution in [0.25, 0.3) is 0 Å². The normalized spacial score (nSPS) is 11.7. The lowest BCUT2D eigenvalue weighted by molar-refractivity contribution is -0.384. The van der Waals surface area contributed by atoms with Gasteiger partial charge in [-0.05, 0) is 25.5 Å². The molecule has 0 amide bonds. The van der Waals surface area contributed by atoms with Crippen molar-refractivity contribution in [1.82, 2.24) is 0 Å². The first-order valence-electron chi connectivity index (χ1n) is 5.42. The Bertz CT molecular complexity index is 511. The van der Waals surface area contributed by atoms with Crippen molar-refractivity contribution in [3.63, 3.8) is 0 Å². The number of benzene rings is 1. The van der Waals surface area contributed by atoms with Gasteiger partial charge < -0.3 is 4.90 Å². The van der Waals surface area contributed by atoms with E-state index in [1.165, 1.54) is 6.07 Å². The Morgan fingerprint density at radius 3 is 2.72 bits per heavy atom. The van der Waals surface area contributed by atoms with E-state index in [2.05, 4.69) is 0 Å². The Morgan fingerprint density at radius 1 is 1.61 bits per heavy atom. The van der Waals surface area contributed by atoms with E-state index in [1.807, 2.05) is 6.07 Å². The topological polar surface area (TPSA) is 70.2 Å². The number of hydrogen-bond donors (Lipinski definition) is 0. The molecule has 6 heteroatoms. The number of nitriles is 1. The lowest BCUT2D eigenvalue weighted by Crippen LogP contribution is -2.29. The van der Waals surface area contributed by atoms with Crippen molar-refractivity contribution in [1.29, 1.82) is 5.26 Å². The molecular formula is C12H14FN3O2. The van der Waals surface area contributed by atoms with Gasteiger partial charge in [0, 0.05) is 13.1 Å². The van der Waals surface area contributed by atoms with Crippen LogP contribution < -0.4 is 4.90 Å². The van der Waals surface area contributed by atoms with Gasteiger partial charge in [-0.15, -0.1) is 0 Å². The number of anilines is 1. The molecule has 0 saturated carbocycles. The molecule has 0 aliphatic heterocycles. The summed E-state index contributed by atoms with van der Waals surface area (Å²) in [4.78, 5) is 11.9. The van der Waals surface area contributed by atoms with Crippen LogP contribution in [-0.2, 0) is 0 Å². The predicted molar refractivity (Wildman–Crippen MR) is 65.9 cm³/mol. The molecule has 18 heavy (non-hydrogen) atoms. The van der Waals surface area contributed by atoms with Crippen LogP contribution in [0.3, 0.4) is 0 Å². The molecule has 1 aromatic carbocycles. The van der Waals surface area contributed by atoms with E-state index in [1.54, 1.807) is 25.8 Å². The third-order valence-corrected chi connectivity index (χ3v) is 2.88. The van der Waals surface area contributed by atoms with Crippen LogP contribution in [0.2, 0.25) is 0 Å². The van der Waals surface area contributed by atoms with Gasteiger partial charge in [-0.3, -0.25) is 10.1 Å². The summed E-state index contributed by atoms with van der Waals surface area (Å²) in [6.45, 7) is 3.33.